The molecule has 1 saturated carbocycles. The monoisotopic (exact) mass is 752 g/mol. The number of fused-ring (bicyclic) bond motifs is 2. The first kappa shape index (κ1) is 37.3. The minimum atomic E-state index is -4.45. The molecule has 10 nitrogen and oxygen atoms in total. The molecule has 6 aromatic rings. The van der Waals surface area contributed by atoms with Gasteiger partial charge in [0.25, 0.3) is 17.8 Å². The van der Waals surface area contributed by atoms with Gasteiger partial charge in [0.1, 0.15) is 30.2 Å². The molecule has 19 heteroatoms. The van der Waals surface area contributed by atoms with E-state index in [1.165, 1.54) is 23.0 Å². The second-order valence-electron chi connectivity index (χ2n) is 12.7. The highest BCUT2D eigenvalue weighted by Gasteiger charge is 2.47. The van der Waals surface area contributed by atoms with Crippen molar-refractivity contribution in [1.82, 2.24) is 40.0 Å². The van der Waals surface area contributed by atoms with Crippen molar-refractivity contribution in [2.24, 2.45) is 0 Å². The van der Waals surface area contributed by atoms with Crippen molar-refractivity contribution in [3.05, 3.63) is 73.1 Å². The number of halogens is 9. The fourth-order valence-corrected chi connectivity index (χ4v) is 5.32. The quantitative estimate of drug-likeness (QED) is 0.129. The Morgan fingerprint density at radius 2 is 1.11 bits per heavy atom. The van der Waals surface area contributed by atoms with Crippen LogP contribution in [0.4, 0.5) is 39.5 Å². The molecule has 1 aliphatic carbocycles. The van der Waals surface area contributed by atoms with Gasteiger partial charge >= 0.3 is 6.18 Å². The van der Waals surface area contributed by atoms with Crippen LogP contribution in [0.25, 0.3) is 44.3 Å². The van der Waals surface area contributed by atoms with E-state index in [-0.39, 0.29) is 24.6 Å². The molecule has 0 radical (unpaired) electrons. The summed E-state index contributed by atoms with van der Waals surface area (Å²) < 4.78 is 127. The lowest BCUT2D eigenvalue weighted by atomic mass is 9.91. The van der Waals surface area contributed by atoms with Crippen LogP contribution in [0.1, 0.15) is 26.7 Å². The molecule has 0 unspecified atom stereocenters. The zero-order valence-electron chi connectivity index (χ0n) is 27.8. The van der Waals surface area contributed by atoms with Crippen molar-refractivity contribution < 1.29 is 49.0 Å². The first-order valence-corrected chi connectivity index (χ1v) is 15.9. The molecule has 1 aliphatic rings. The summed E-state index contributed by atoms with van der Waals surface area (Å²) in [5.74, 6) is -8.39. The average molecular weight is 753 g/mol. The van der Waals surface area contributed by atoms with Gasteiger partial charge in [-0.25, -0.2) is 45.7 Å². The summed E-state index contributed by atoms with van der Waals surface area (Å²) in [5, 5.41) is 15.2. The van der Waals surface area contributed by atoms with E-state index in [4.69, 9.17) is 4.74 Å². The Balaban J connectivity index is 0.000000182. The largest absolute Gasteiger partial charge is 0.474 e. The van der Waals surface area contributed by atoms with Gasteiger partial charge in [0.05, 0.1) is 11.0 Å². The fourth-order valence-electron chi connectivity index (χ4n) is 5.32. The molecule has 0 saturated heterocycles. The molecule has 1 fully saturated rings. The van der Waals surface area contributed by atoms with Gasteiger partial charge in [0.15, 0.2) is 6.61 Å². The van der Waals surface area contributed by atoms with Crippen LogP contribution in [0.5, 0.6) is 11.8 Å². The number of hydrogen-bond acceptors (Lipinski definition) is 8. The number of aromatic nitrogens is 8. The Kier molecular flexibility index (Phi) is 9.95. The number of alkyl halides is 9. The molecule has 0 bridgehead atoms. The maximum absolute atomic E-state index is 13.3. The van der Waals surface area contributed by atoms with E-state index in [1.807, 2.05) is 0 Å². The smallest absolute Gasteiger partial charge is 0.422 e. The van der Waals surface area contributed by atoms with Gasteiger partial charge in [-0.05, 0) is 47.5 Å². The summed E-state index contributed by atoms with van der Waals surface area (Å²) in [7, 11) is 0. The summed E-state index contributed by atoms with van der Waals surface area (Å²) in [6.45, 7) is -1.00. The minimum Gasteiger partial charge on any atom is -0.474 e. The Hall–Kier alpha value is -5.49. The molecule has 0 amide bonds. The van der Waals surface area contributed by atoms with Crippen LogP contribution >= 0.6 is 0 Å². The normalized spacial score (nSPS) is 14.8. The van der Waals surface area contributed by atoms with Gasteiger partial charge in [-0.2, -0.15) is 13.2 Å². The molecule has 0 aliphatic heterocycles. The number of rotatable bonds is 10. The molecular formula is C34H29F9N8O2. The number of ether oxygens (including phenoxy) is 2. The van der Waals surface area contributed by atoms with Crippen molar-refractivity contribution in [3.63, 3.8) is 0 Å². The maximum atomic E-state index is 13.3. The van der Waals surface area contributed by atoms with Gasteiger partial charge in [-0.15, -0.1) is 10.2 Å². The lowest BCUT2D eigenvalue weighted by Crippen LogP contribution is -2.43. The van der Waals surface area contributed by atoms with Gasteiger partial charge in [0, 0.05) is 62.3 Å². The van der Waals surface area contributed by atoms with Crippen molar-refractivity contribution in [2.75, 3.05) is 6.61 Å². The minimum absolute atomic E-state index is 0.163. The van der Waals surface area contributed by atoms with E-state index >= 15 is 0 Å². The molecule has 0 spiro atoms. The number of benzene rings is 2. The van der Waals surface area contributed by atoms with Gasteiger partial charge < -0.3 is 9.47 Å². The van der Waals surface area contributed by atoms with Crippen LogP contribution in [0.3, 0.4) is 0 Å². The van der Waals surface area contributed by atoms with Gasteiger partial charge in [0.2, 0.25) is 11.8 Å². The third kappa shape index (κ3) is 9.89. The molecule has 0 atom stereocenters. The summed E-state index contributed by atoms with van der Waals surface area (Å²) in [6, 6.07) is 16.3. The standard InChI is InChI=1S/C18H16F4N4O.C16H13F5N4O/c1-17(19,20)10-26-15-6-11(2-4-14(15)24-25-26)12-3-5-16(23-9-12)27-13-7-18(21,22)8-13;1-15(17,18)8-25-13-6-10(2-4-12(13)23-24-25)11-3-5-14(22-7-11)26-9-16(19,20)21/h2-6,9,13H,7-8,10H2,1H3;2-7H,8-9H2,1H3. The summed E-state index contributed by atoms with van der Waals surface area (Å²) in [6.07, 6.45) is -2.67. The van der Waals surface area contributed by atoms with E-state index in [0.29, 0.717) is 33.2 Å². The molecule has 2 aromatic carbocycles. The summed E-state index contributed by atoms with van der Waals surface area (Å²) in [4.78, 5) is 7.98. The van der Waals surface area contributed by atoms with E-state index in [1.54, 1.807) is 54.7 Å². The van der Waals surface area contributed by atoms with Gasteiger partial charge in [-0.1, -0.05) is 22.6 Å². The predicted molar refractivity (Wildman–Crippen MR) is 173 cm³/mol. The second kappa shape index (κ2) is 14.1. The topological polar surface area (TPSA) is 106 Å². The van der Waals surface area contributed by atoms with Crippen molar-refractivity contribution >= 4 is 22.1 Å². The highest BCUT2D eigenvalue weighted by Crippen LogP contribution is 2.39. The highest BCUT2D eigenvalue weighted by atomic mass is 19.4. The Morgan fingerprint density at radius 3 is 1.51 bits per heavy atom. The molecule has 53 heavy (non-hydrogen) atoms. The molecule has 7 rings (SSSR count). The van der Waals surface area contributed by atoms with E-state index < -0.39 is 49.7 Å². The lowest BCUT2D eigenvalue weighted by Gasteiger charge is -2.34. The number of hydrogen-bond donors (Lipinski definition) is 0. The van der Waals surface area contributed by atoms with Crippen LogP contribution < -0.4 is 9.47 Å². The molecular weight excluding hydrogens is 723 g/mol. The van der Waals surface area contributed by atoms with E-state index in [0.717, 1.165) is 29.7 Å². The van der Waals surface area contributed by atoms with Crippen LogP contribution in [0.2, 0.25) is 0 Å². The SMILES string of the molecule is CC(F)(F)Cn1nnc2ccc(-c3ccc(OC4CC(F)(F)C4)nc3)cc21.CC(F)(F)Cn1nnc2ccc(-c3ccc(OCC(F)(F)F)nc3)cc21. The van der Waals surface area contributed by atoms with Gasteiger partial charge in [-0.3, -0.25) is 0 Å². The van der Waals surface area contributed by atoms with Crippen LogP contribution in [0.15, 0.2) is 73.1 Å². The zero-order chi connectivity index (χ0) is 38.2. The molecule has 4 aromatic heterocycles. The third-order valence-corrected chi connectivity index (χ3v) is 7.75. The van der Waals surface area contributed by atoms with Crippen molar-refractivity contribution in [2.45, 2.75) is 69.8 Å². The predicted octanol–water partition coefficient (Wildman–Crippen LogP) is 8.41. The highest BCUT2D eigenvalue weighted by molar-refractivity contribution is 5.82. The zero-order valence-corrected chi connectivity index (χ0v) is 27.8. The Bertz CT molecular complexity index is 2170. The molecule has 280 valence electrons. The first-order chi connectivity index (χ1) is 24.8. The van der Waals surface area contributed by atoms with E-state index in [9.17, 15) is 39.5 Å². The average Bonchev–Trinajstić information content (AvgIpc) is 3.64. The maximum Gasteiger partial charge on any atom is 0.422 e. The molecule has 4 heterocycles. The first-order valence-electron chi connectivity index (χ1n) is 15.9. The van der Waals surface area contributed by atoms with Crippen LogP contribution in [-0.2, 0) is 13.1 Å². The third-order valence-electron chi connectivity index (χ3n) is 7.75. The number of pyridine rings is 2. The van der Waals surface area contributed by atoms with Crippen LogP contribution in [0, 0.1) is 0 Å². The van der Waals surface area contributed by atoms with E-state index in [2.05, 4.69) is 35.3 Å². The second-order valence-corrected chi connectivity index (χ2v) is 12.7. The Morgan fingerprint density at radius 1 is 0.660 bits per heavy atom. The number of nitrogens with zero attached hydrogens (tertiary/aromatic N) is 8. The van der Waals surface area contributed by atoms with Crippen molar-refractivity contribution in [1.29, 1.82) is 0 Å². The van der Waals surface area contributed by atoms with Crippen LogP contribution in [-0.4, -0.2) is 76.6 Å². The van der Waals surface area contributed by atoms with Crippen molar-refractivity contribution in [3.8, 4) is 34.0 Å². The summed E-state index contributed by atoms with van der Waals surface area (Å²) in [5.41, 5.74) is 4.59. The summed E-state index contributed by atoms with van der Waals surface area (Å²) >= 11 is 0. The lowest BCUT2D eigenvalue weighted by molar-refractivity contribution is -0.154. The fraction of sp³-hybridized carbons (Fsp3) is 0.353. The Labute approximate surface area is 294 Å². The molecule has 0 N–H and O–H groups in total.